The van der Waals surface area contributed by atoms with Gasteiger partial charge in [-0.15, -0.1) is 0 Å². The smallest absolute Gasteiger partial charge is 0.303 e. The number of carbonyl (C=O) groups excluding carboxylic acids is 1. The van der Waals surface area contributed by atoms with Gasteiger partial charge in [0.15, 0.2) is 0 Å². The molecule has 1 unspecified atom stereocenters. The Balaban J connectivity index is 1.80. The van der Waals surface area contributed by atoms with E-state index in [2.05, 4.69) is 0 Å². The predicted molar refractivity (Wildman–Crippen MR) is 142 cm³/mol. The number of carbonyl (C=O) groups is 2. The highest BCUT2D eigenvalue weighted by Gasteiger charge is 2.22. The minimum absolute atomic E-state index is 0.105. The average Bonchev–Trinajstić information content (AvgIpc) is 2.82. The molecule has 1 fully saturated rings. The summed E-state index contributed by atoms with van der Waals surface area (Å²) in [4.78, 5) is 22.1. The van der Waals surface area contributed by atoms with Gasteiger partial charge in [0.05, 0.1) is 6.10 Å². The summed E-state index contributed by atoms with van der Waals surface area (Å²) in [6, 6.07) is 0. The standard InChI is InChI=1S/C30H56O4/c1-2-28(31)25-27-23-21-26(22-24-27)17-13-11-12-15-19-29(32)18-14-9-7-5-3-4-6-8-10-16-20-30(33)34/h26-27,29,32H,2-25H2,1H3,(H,33,34). The highest BCUT2D eigenvalue weighted by Crippen LogP contribution is 2.34. The van der Waals surface area contributed by atoms with Crippen LogP contribution in [0.5, 0.6) is 0 Å². The molecule has 0 saturated heterocycles. The first-order chi connectivity index (χ1) is 16.5. The monoisotopic (exact) mass is 480 g/mol. The van der Waals surface area contributed by atoms with E-state index in [0.717, 1.165) is 44.4 Å². The zero-order valence-corrected chi connectivity index (χ0v) is 22.4. The van der Waals surface area contributed by atoms with Gasteiger partial charge in [-0.25, -0.2) is 0 Å². The van der Waals surface area contributed by atoms with E-state index >= 15 is 0 Å². The fourth-order valence-electron chi connectivity index (χ4n) is 5.57. The lowest BCUT2D eigenvalue weighted by molar-refractivity contribution is -0.137. The van der Waals surface area contributed by atoms with Gasteiger partial charge in [0.1, 0.15) is 5.78 Å². The fraction of sp³-hybridized carbons (Fsp3) is 0.933. The number of carboxylic acids is 1. The number of unbranched alkanes of at least 4 members (excludes halogenated alkanes) is 12. The lowest BCUT2D eigenvalue weighted by Gasteiger charge is -2.28. The van der Waals surface area contributed by atoms with Crippen LogP contribution in [0.15, 0.2) is 0 Å². The molecule has 0 bridgehead atoms. The molecular weight excluding hydrogens is 424 g/mol. The van der Waals surface area contributed by atoms with Gasteiger partial charge < -0.3 is 10.2 Å². The molecule has 200 valence electrons. The molecule has 1 aliphatic carbocycles. The molecule has 0 amide bonds. The molecule has 0 aromatic heterocycles. The van der Waals surface area contributed by atoms with E-state index < -0.39 is 5.97 Å². The van der Waals surface area contributed by atoms with Gasteiger partial charge in [0, 0.05) is 19.3 Å². The molecule has 1 rings (SSSR count). The minimum Gasteiger partial charge on any atom is -0.481 e. The Hall–Kier alpha value is -0.900. The first-order valence-electron chi connectivity index (χ1n) is 14.9. The molecule has 0 aromatic rings. The first kappa shape index (κ1) is 31.1. The van der Waals surface area contributed by atoms with Crippen LogP contribution in [0.2, 0.25) is 0 Å². The molecule has 1 aliphatic rings. The van der Waals surface area contributed by atoms with Gasteiger partial charge in [0.25, 0.3) is 0 Å². The summed E-state index contributed by atoms with van der Waals surface area (Å²) >= 11 is 0. The van der Waals surface area contributed by atoms with Crippen LogP contribution in [0.25, 0.3) is 0 Å². The van der Waals surface area contributed by atoms with Crippen molar-refractivity contribution >= 4 is 11.8 Å². The van der Waals surface area contributed by atoms with Crippen molar-refractivity contribution in [3.05, 3.63) is 0 Å². The van der Waals surface area contributed by atoms with Gasteiger partial charge in [-0.05, 0) is 43.9 Å². The summed E-state index contributed by atoms with van der Waals surface area (Å²) in [5, 5.41) is 18.8. The molecule has 4 heteroatoms. The van der Waals surface area contributed by atoms with E-state index in [0.29, 0.717) is 24.5 Å². The van der Waals surface area contributed by atoms with Crippen LogP contribution in [-0.2, 0) is 9.59 Å². The Morgan fingerprint density at radius 2 is 1.12 bits per heavy atom. The molecule has 1 atom stereocenters. The molecule has 2 N–H and O–H groups in total. The van der Waals surface area contributed by atoms with Crippen molar-refractivity contribution in [3.63, 3.8) is 0 Å². The summed E-state index contributed by atoms with van der Waals surface area (Å²) in [6.45, 7) is 1.98. The van der Waals surface area contributed by atoms with Crippen LogP contribution < -0.4 is 0 Å². The van der Waals surface area contributed by atoms with Crippen LogP contribution in [0.4, 0.5) is 0 Å². The van der Waals surface area contributed by atoms with Gasteiger partial charge in [-0.2, -0.15) is 0 Å². The SMILES string of the molecule is CCC(=O)CC1CCC(CCCCCCC(O)CCCCCCCCCCCCC(=O)O)CC1. The van der Waals surface area contributed by atoms with Crippen LogP contribution in [0, 0.1) is 11.8 Å². The second-order valence-corrected chi connectivity index (χ2v) is 11.1. The number of hydrogen-bond donors (Lipinski definition) is 2. The summed E-state index contributed by atoms with van der Waals surface area (Å²) in [5.41, 5.74) is 0. The molecule has 0 heterocycles. The Kier molecular flexibility index (Phi) is 19.6. The lowest BCUT2D eigenvalue weighted by atomic mass is 9.78. The topological polar surface area (TPSA) is 74.6 Å². The maximum absolute atomic E-state index is 11.6. The van der Waals surface area contributed by atoms with E-state index in [1.165, 1.54) is 103 Å². The Bertz CT molecular complexity index is 496. The number of Topliss-reactive ketones (excluding diaryl/α,β-unsaturated/α-hetero) is 1. The van der Waals surface area contributed by atoms with Crippen molar-refractivity contribution in [1.82, 2.24) is 0 Å². The Morgan fingerprint density at radius 1 is 0.676 bits per heavy atom. The maximum atomic E-state index is 11.6. The van der Waals surface area contributed by atoms with Crippen molar-refractivity contribution in [1.29, 1.82) is 0 Å². The van der Waals surface area contributed by atoms with Gasteiger partial charge in [-0.3, -0.25) is 9.59 Å². The largest absolute Gasteiger partial charge is 0.481 e. The van der Waals surface area contributed by atoms with Crippen LogP contribution in [0.1, 0.15) is 161 Å². The van der Waals surface area contributed by atoms with Gasteiger partial charge in [-0.1, -0.05) is 110 Å². The molecular formula is C30H56O4. The number of carboxylic acid groups (broad SMARTS) is 1. The predicted octanol–water partition coefficient (Wildman–Crippen LogP) is 8.63. The quantitative estimate of drug-likeness (QED) is 0.143. The third kappa shape index (κ3) is 18.4. The Labute approximate surface area is 210 Å². The molecule has 0 aliphatic heterocycles. The second-order valence-electron chi connectivity index (χ2n) is 11.1. The molecule has 4 nitrogen and oxygen atoms in total. The highest BCUT2D eigenvalue weighted by molar-refractivity contribution is 5.78. The van der Waals surface area contributed by atoms with E-state index in [1.807, 2.05) is 6.92 Å². The van der Waals surface area contributed by atoms with E-state index in [9.17, 15) is 14.7 Å². The van der Waals surface area contributed by atoms with Crippen molar-refractivity contribution in [2.75, 3.05) is 0 Å². The molecule has 0 spiro atoms. The molecule has 1 saturated carbocycles. The highest BCUT2D eigenvalue weighted by atomic mass is 16.4. The zero-order chi connectivity index (χ0) is 24.9. The number of rotatable bonds is 23. The van der Waals surface area contributed by atoms with Gasteiger partial charge >= 0.3 is 5.97 Å². The minimum atomic E-state index is -0.674. The van der Waals surface area contributed by atoms with E-state index in [4.69, 9.17) is 5.11 Å². The maximum Gasteiger partial charge on any atom is 0.303 e. The number of aliphatic carboxylic acids is 1. The number of aliphatic hydroxyl groups is 1. The van der Waals surface area contributed by atoms with Crippen LogP contribution in [-0.4, -0.2) is 28.1 Å². The average molecular weight is 481 g/mol. The molecule has 0 radical (unpaired) electrons. The normalized spacial score (nSPS) is 19.2. The van der Waals surface area contributed by atoms with Crippen molar-refractivity contribution in [2.45, 2.75) is 167 Å². The van der Waals surface area contributed by atoms with Crippen molar-refractivity contribution < 1.29 is 19.8 Å². The summed E-state index contributed by atoms with van der Waals surface area (Å²) in [5.74, 6) is 1.33. The number of aliphatic hydroxyl groups excluding tert-OH is 1. The van der Waals surface area contributed by atoms with Crippen molar-refractivity contribution in [3.8, 4) is 0 Å². The van der Waals surface area contributed by atoms with Gasteiger partial charge in [0.2, 0.25) is 0 Å². The van der Waals surface area contributed by atoms with E-state index in [1.54, 1.807) is 0 Å². The second kappa shape index (κ2) is 21.4. The summed E-state index contributed by atoms with van der Waals surface area (Å²) < 4.78 is 0. The lowest BCUT2D eigenvalue weighted by Crippen LogP contribution is -2.17. The van der Waals surface area contributed by atoms with E-state index in [-0.39, 0.29) is 6.10 Å². The first-order valence-corrected chi connectivity index (χ1v) is 14.9. The number of ketones is 1. The summed E-state index contributed by atoms with van der Waals surface area (Å²) in [6.07, 6.45) is 27.1. The molecule has 0 aromatic carbocycles. The molecule has 34 heavy (non-hydrogen) atoms. The summed E-state index contributed by atoms with van der Waals surface area (Å²) in [7, 11) is 0. The van der Waals surface area contributed by atoms with Crippen LogP contribution in [0.3, 0.4) is 0 Å². The number of hydrogen-bond acceptors (Lipinski definition) is 3. The third-order valence-corrected chi connectivity index (χ3v) is 7.95. The van der Waals surface area contributed by atoms with Crippen LogP contribution >= 0.6 is 0 Å². The van der Waals surface area contributed by atoms with Crippen molar-refractivity contribution in [2.24, 2.45) is 11.8 Å². The zero-order valence-electron chi connectivity index (χ0n) is 22.4. The fourth-order valence-corrected chi connectivity index (χ4v) is 5.57. The third-order valence-electron chi connectivity index (χ3n) is 7.95. The Morgan fingerprint density at radius 3 is 1.62 bits per heavy atom.